The number of nitrogens with two attached hydrogens (primary N) is 1. The van der Waals surface area contributed by atoms with E-state index in [9.17, 15) is 0 Å². The predicted molar refractivity (Wildman–Crippen MR) is 69.6 cm³/mol. The van der Waals surface area contributed by atoms with Gasteiger partial charge in [-0.2, -0.15) is 0 Å². The maximum Gasteiger partial charge on any atom is 0.0951 e. The molecule has 0 aromatic heterocycles. The van der Waals surface area contributed by atoms with Crippen LogP contribution >= 0.6 is 0 Å². The van der Waals surface area contributed by atoms with Crippen LogP contribution in [-0.2, 0) is 14.2 Å². The number of nitrogens with zero attached hydrogens (tertiary/aromatic N) is 1. The van der Waals surface area contributed by atoms with Crippen molar-refractivity contribution in [3.8, 4) is 0 Å². The Morgan fingerprint density at radius 3 is 3.00 bits per heavy atom. The van der Waals surface area contributed by atoms with Crippen molar-refractivity contribution >= 4 is 0 Å². The Kier molecular flexibility index (Phi) is 5.38. The van der Waals surface area contributed by atoms with Gasteiger partial charge in [0.15, 0.2) is 0 Å². The van der Waals surface area contributed by atoms with Crippen LogP contribution < -0.4 is 5.73 Å². The van der Waals surface area contributed by atoms with E-state index in [1.807, 2.05) is 0 Å². The van der Waals surface area contributed by atoms with Gasteiger partial charge in [0.05, 0.1) is 25.4 Å². The molecule has 0 amide bonds. The van der Waals surface area contributed by atoms with E-state index in [1.165, 1.54) is 0 Å². The van der Waals surface area contributed by atoms with E-state index in [-0.39, 0.29) is 5.60 Å². The predicted octanol–water partition coefficient (Wildman–Crippen LogP) is 0.232. The molecular weight excluding hydrogens is 232 g/mol. The number of likely N-dealkylation sites (N-methyl/N-ethyl adjacent to an activating group) is 1. The van der Waals surface area contributed by atoms with Crippen LogP contribution in [0.3, 0.4) is 0 Å². The van der Waals surface area contributed by atoms with Gasteiger partial charge in [-0.25, -0.2) is 0 Å². The Labute approximate surface area is 110 Å². The summed E-state index contributed by atoms with van der Waals surface area (Å²) in [5.74, 6) is 0. The smallest absolute Gasteiger partial charge is 0.0951 e. The van der Waals surface area contributed by atoms with Gasteiger partial charge in [-0.15, -0.1) is 0 Å². The van der Waals surface area contributed by atoms with E-state index in [2.05, 4.69) is 11.9 Å². The Balaban J connectivity index is 1.74. The normalized spacial score (nSPS) is 32.5. The van der Waals surface area contributed by atoms with E-state index in [0.29, 0.717) is 19.2 Å². The van der Waals surface area contributed by atoms with Crippen LogP contribution in [0.5, 0.6) is 0 Å². The molecule has 0 aliphatic carbocycles. The van der Waals surface area contributed by atoms with Crippen molar-refractivity contribution in [2.45, 2.75) is 30.9 Å². The standard InChI is InChI=1S/C13H26N2O3/c1-15(5-9-16-8-4-14)12-2-6-18-13(10-12)3-7-17-11-13/h12H,2-11,14H2,1H3. The number of hydrogen-bond acceptors (Lipinski definition) is 5. The fourth-order valence-corrected chi connectivity index (χ4v) is 2.82. The number of rotatable bonds is 6. The molecule has 1 spiro atoms. The molecule has 2 fully saturated rings. The molecule has 0 bridgehead atoms. The molecule has 2 N–H and O–H groups in total. The molecule has 2 saturated heterocycles. The fourth-order valence-electron chi connectivity index (χ4n) is 2.82. The van der Waals surface area contributed by atoms with Gasteiger partial charge in [-0.05, 0) is 19.9 Å². The second kappa shape index (κ2) is 6.82. The second-order valence-electron chi connectivity index (χ2n) is 5.36. The van der Waals surface area contributed by atoms with Crippen LogP contribution in [0, 0.1) is 0 Å². The Morgan fingerprint density at radius 1 is 1.39 bits per heavy atom. The summed E-state index contributed by atoms with van der Waals surface area (Å²) in [6.45, 7) is 5.43. The van der Waals surface area contributed by atoms with Crippen molar-refractivity contribution in [1.29, 1.82) is 0 Å². The highest BCUT2D eigenvalue weighted by molar-refractivity contribution is 4.93. The zero-order valence-electron chi connectivity index (χ0n) is 11.4. The average Bonchev–Trinajstić information content (AvgIpc) is 2.82. The zero-order valence-corrected chi connectivity index (χ0v) is 11.4. The maximum atomic E-state index is 5.95. The molecule has 0 saturated carbocycles. The monoisotopic (exact) mass is 258 g/mol. The summed E-state index contributed by atoms with van der Waals surface area (Å²) in [5, 5.41) is 0. The lowest BCUT2D eigenvalue weighted by Crippen LogP contribution is -2.48. The third kappa shape index (κ3) is 3.65. The first-order chi connectivity index (χ1) is 8.76. The van der Waals surface area contributed by atoms with Gasteiger partial charge >= 0.3 is 0 Å². The Hall–Kier alpha value is -0.200. The minimum Gasteiger partial charge on any atom is -0.379 e. The first-order valence-electron chi connectivity index (χ1n) is 6.95. The van der Waals surface area contributed by atoms with Crippen LogP contribution in [0.25, 0.3) is 0 Å². The summed E-state index contributed by atoms with van der Waals surface area (Å²) in [5.41, 5.74) is 5.39. The van der Waals surface area contributed by atoms with Crippen molar-refractivity contribution in [2.75, 3.05) is 53.2 Å². The van der Waals surface area contributed by atoms with Crippen LogP contribution in [0.2, 0.25) is 0 Å². The van der Waals surface area contributed by atoms with E-state index in [0.717, 1.165) is 52.2 Å². The van der Waals surface area contributed by atoms with Gasteiger partial charge in [0.1, 0.15) is 0 Å². The van der Waals surface area contributed by atoms with Crippen LogP contribution in [0.1, 0.15) is 19.3 Å². The molecular formula is C13H26N2O3. The zero-order chi connectivity index (χ0) is 12.8. The quantitative estimate of drug-likeness (QED) is 0.691. The second-order valence-corrected chi connectivity index (χ2v) is 5.36. The highest BCUT2D eigenvalue weighted by Gasteiger charge is 2.41. The summed E-state index contributed by atoms with van der Waals surface area (Å²) in [7, 11) is 2.17. The molecule has 2 heterocycles. The van der Waals surface area contributed by atoms with Crippen LogP contribution in [0.4, 0.5) is 0 Å². The first-order valence-corrected chi connectivity index (χ1v) is 6.95. The minimum atomic E-state index is -0.00467. The van der Waals surface area contributed by atoms with E-state index in [1.54, 1.807) is 0 Å². The number of ether oxygens (including phenoxy) is 3. The Morgan fingerprint density at radius 2 is 2.28 bits per heavy atom. The molecule has 2 rings (SSSR count). The van der Waals surface area contributed by atoms with Gasteiger partial charge in [-0.3, -0.25) is 0 Å². The van der Waals surface area contributed by atoms with Crippen molar-refractivity contribution in [3.05, 3.63) is 0 Å². The average molecular weight is 258 g/mol. The molecule has 2 aliphatic heterocycles. The largest absolute Gasteiger partial charge is 0.379 e. The van der Waals surface area contributed by atoms with E-state index < -0.39 is 0 Å². The lowest BCUT2D eigenvalue weighted by molar-refractivity contribution is -0.105. The molecule has 106 valence electrons. The van der Waals surface area contributed by atoms with Crippen molar-refractivity contribution < 1.29 is 14.2 Å². The molecule has 2 atom stereocenters. The Bertz CT molecular complexity index is 244. The van der Waals surface area contributed by atoms with Crippen LogP contribution in [0.15, 0.2) is 0 Å². The van der Waals surface area contributed by atoms with Gasteiger partial charge in [-0.1, -0.05) is 0 Å². The van der Waals surface area contributed by atoms with Crippen LogP contribution in [-0.4, -0.2) is 69.7 Å². The number of hydrogen-bond donors (Lipinski definition) is 1. The van der Waals surface area contributed by atoms with Crippen molar-refractivity contribution in [2.24, 2.45) is 5.73 Å². The maximum absolute atomic E-state index is 5.95. The third-order valence-electron chi connectivity index (χ3n) is 4.01. The summed E-state index contributed by atoms with van der Waals surface area (Å²) >= 11 is 0. The van der Waals surface area contributed by atoms with Crippen molar-refractivity contribution in [1.82, 2.24) is 4.90 Å². The first kappa shape index (κ1) is 14.2. The molecule has 2 unspecified atom stereocenters. The summed E-state index contributed by atoms with van der Waals surface area (Å²) in [6, 6.07) is 0.585. The fraction of sp³-hybridized carbons (Fsp3) is 1.00. The SMILES string of the molecule is CN(CCOCCN)C1CCOC2(CCOC2)C1. The van der Waals surface area contributed by atoms with Gasteiger partial charge in [0.25, 0.3) is 0 Å². The van der Waals surface area contributed by atoms with Gasteiger partial charge in [0.2, 0.25) is 0 Å². The molecule has 5 nitrogen and oxygen atoms in total. The highest BCUT2D eigenvalue weighted by atomic mass is 16.6. The van der Waals surface area contributed by atoms with Gasteiger partial charge in [0, 0.05) is 38.8 Å². The van der Waals surface area contributed by atoms with E-state index >= 15 is 0 Å². The molecule has 18 heavy (non-hydrogen) atoms. The molecule has 0 aromatic rings. The summed E-state index contributed by atoms with van der Waals surface area (Å²) in [6.07, 6.45) is 3.23. The molecule has 0 aromatic carbocycles. The molecule has 5 heteroatoms. The third-order valence-corrected chi connectivity index (χ3v) is 4.01. The summed E-state index contributed by atoms with van der Waals surface area (Å²) < 4.78 is 16.9. The lowest BCUT2D eigenvalue weighted by atomic mass is 9.89. The molecule has 2 aliphatic rings. The van der Waals surface area contributed by atoms with E-state index in [4.69, 9.17) is 19.9 Å². The van der Waals surface area contributed by atoms with Gasteiger partial charge < -0.3 is 24.8 Å². The topological polar surface area (TPSA) is 57.0 Å². The lowest BCUT2D eigenvalue weighted by Gasteiger charge is -2.40. The molecule has 0 radical (unpaired) electrons. The highest BCUT2D eigenvalue weighted by Crippen LogP contribution is 2.34. The summed E-state index contributed by atoms with van der Waals surface area (Å²) in [4.78, 5) is 2.39. The van der Waals surface area contributed by atoms with Crippen molar-refractivity contribution in [3.63, 3.8) is 0 Å². The minimum absolute atomic E-state index is 0.00467.